The molecule has 2 N–H and O–H groups in total. The highest BCUT2D eigenvalue weighted by molar-refractivity contribution is 6.32. The standard InChI is InChI=1S/C25H20Cl2N4O5/c1-34-20-7-6-17-19(8-9-28-23(17)24(20)35-2)36-25-18(27)11-16(13-29-25)31-22(33)12-21(32)30-15-5-3-4-14(26)10-15/h3-11,13H,12H2,1-2H3,(H,30,32)(H,31,33). The van der Waals surface area contributed by atoms with Gasteiger partial charge in [0.25, 0.3) is 0 Å². The minimum Gasteiger partial charge on any atom is -0.493 e. The third-order valence-corrected chi connectivity index (χ3v) is 5.45. The molecular formula is C25H20Cl2N4O5. The van der Waals surface area contributed by atoms with Gasteiger partial charge in [0.15, 0.2) is 11.5 Å². The third kappa shape index (κ3) is 5.76. The monoisotopic (exact) mass is 526 g/mol. The van der Waals surface area contributed by atoms with E-state index >= 15 is 0 Å². The summed E-state index contributed by atoms with van der Waals surface area (Å²) in [6.07, 6.45) is 2.54. The highest BCUT2D eigenvalue weighted by Gasteiger charge is 2.16. The van der Waals surface area contributed by atoms with Crippen molar-refractivity contribution in [1.82, 2.24) is 9.97 Å². The van der Waals surface area contributed by atoms with Crippen LogP contribution in [0.2, 0.25) is 10.0 Å². The van der Waals surface area contributed by atoms with Crippen LogP contribution in [0.1, 0.15) is 6.42 Å². The largest absolute Gasteiger partial charge is 0.493 e. The zero-order valence-electron chi connectivity index (χ0n) is 19.2. The van der Waals surface area contributed by atoms with Gasteiger partial charge in [-0.25, -0.2) is 4.98 Å². The lowest BCUT2D eigenvalue weighted by molar-refractivity contribution is -0.123. The van der Waals surface area contributed by atoms with Crippen LogP contribution in [-0.4, -0.2) is 36.0 Å². The van der Waals surface area contributed by atoms with Crippen molar-refractivity contribution in [3.8, 4) is 23.1 Å². The molecule has 36 heavy (non-hydrogen) atoms. The zero-order valence-corrected chi connectivity index (χ0v) is 20.7. The number of nitrogens with one attached hydrogen (secondary N) is 2. The van der Waals surface area contributed by atoms with Crippen molar-refractivity contribution in [1.29, 1.82) is 0 Å². The lowest BCUT2D eigenvalue weighted by Crippen LogP contribution is -2.21. The molecule has 0 aliphatic heterocycles. The molecule has 9 nitrogen and oxygen atoms in total. The summed E-state index contributed by atoms with van der Waals surface area (Å²) in [7, 11) is 3.07. The quantitative estimate of drug-likeness (QED) is 0.282. The van der Waals surface area contributed by atoms with Gasteiger partial charge in [0, 0.05) is 22.3 Å². The van der Waals surface area contributed by atoms with Gasteiger partial charge in [-0.3, -0.25) is 14.6 Å². The van der Waals surface area contributed by atoms with Crippen molar-refractivity contribution >= 4 is 57.3 Å². The van der Waals surface area contributed by atoms with Gasteiger partial charge in [0.1, 0.15) is 22.7 Å². The number of hydrogen-bond acceptors (Lipinski definition) is 7. The topological polar surface area (TPSA) is 112 Å². The first-order valence-corrected chi connectivity index (χ1v) is 11.3. The van der Waals surface area contributed by atoms with E-state index in [1.54, 1.807) is 55.8 Å². The summed E-state index contributed by atoms with van der Waals surface area (Å²) in [5.41, 5.74) is 1.34. The smallest absolute Gasteiger partial charge is 0.238 e. The Morgan fingerprint density at radius 2 is 1.67 bits per heavy atom. The van der Waals surface area contributed by atoms with Crippen molar-refractivity contribution in [2.24, 2.45) is 0 Å². The predicted octanol–water partition coefficient (Wildman–Crippen LogP) is 5.71. The molecule has 4 rings (SSSR count). The van der Waals surface area contributed by atoms with Crippen LogP contribution in [-0.2, 0) is 9.59 Å². The van der Waals surface area contributed by atoms with E-state index in [9.17, 15) is 9.59 Å². The molecule has 0 unspecified atom stereocenters. The molecule has 0 saturated heterocycles. The molecule has 0 spiro atoms. The lowest BCUT2D eigenvalue weighted by atomic mass is 10.1. The van der Waals surface area contributed by atoms with E-state index in [-0.39, 0.29) is 10.9 Å². The van der Waals surface area contributed by atoms with Gasteiger partial charge in [-0.15, -0.1) is 0 Å². The molecule has 0 radical (unpaired) electrons. The fraction of sp³-hybridized carbons (Fsp3) is 0.120. The number of halogens is 2. The van der Waals surface area contributed by atoms with E-state index in [0.29, 0.717) is 44.5 Å². The van der Waals surface area contributed by atoms with E-state index < -0.39 is 18.2 Å². The summed E-state index contributed by atoms with van der Waals surface area (Å²) in [5, 5.41) is 6.49. The van der Waals surface area contributed by atoms with Crippen LogP contribution in [0.15, 0.2) is 60.9 Å². The molecule has 0 aliphatic carbocycles. The molecule has 4 aromatic rings. The van der Waals surface area contributed by atoms with Gasteiger partial charge in [-0.05, 0) is 42.5 Å². The average Bonchev–Trinajstić information content (AvgIpc) is 2.84. The minimum atomic E-state index is -0.540. The van der Waals surface area contributed by atoms with Gasteiger partial charge in [0.2, 0.25) is 17.7 Å². The van der Waals surface area contributed by atoms with Crippen molar-refractivity contribution in [2.45, 2.75) is 6.42 Å². The van der Waals surface area contributed by atoms with Crippen LogP contribution in [0.25, 0.3) is 10.9 Å². The molecular weight excluding hydrogens is 507 g/mol. The second-order valence-electron chi connectivity index (χ2n) is 7.40. The summed E-state index contributed by atoms with van der Waals surface area (Å²) < 4.78 is 16.7. The molecule has 2 heterocycles. The number of nitrogens with zero attached hydrogens (tertiary/aromatic N) is 2. The van der Waals surface area contributed by atoms with Crippen LogP contribution in [0, 0.1) is 0 Å². The van der Waals surface area contributed by atoms with Crippen molar-refractivity contribution < 1.29 is 23.8 Å². The molecule has 2 aromatic heterocycles. The first-order chi connectivity index (χ1) is 17.4. The fourth-order valence-corrected chi connectivity index (χ4v) is 3.79. The highest BCUT2D eigenvalue weighted by Crippen LogP contribution is 2.39. The number of methoxy groups -OCH3 is 2. The van der Waals surface area contributed by atoms with Crippen LogP contribution in [0.5, 0.6) is 23.1 Å². The first kappa shape index (κ1) is 25.0. The minimum absolute atomic E-state index is 0.121. The van der Waals surface area contributed by atoms with Gasteiger partial charge in [-0.1, -0.05) is 29.3 Å². The number of anilines is 2. The van der Waals surface area contributed by atoms with E-state index in [0.717, 1.165) is 0 Å². The van der Waals surface area contributed by atoms with Crippen molar-refractivity contribution in [2.75, 3.05) is 24.9 Å². The number of carbonyl (C=O) groups is 2. The molecule has 0 atom stereocenters. The number of benzene rings is 2. The SMILES string of the molecule is COc1ccc2c(Oc3ncc(NC(=O)CC(=O)Nc4cccc(Cl)c4)cc3Cl)ccnc2c1OC. The number of amides is 2. The molecule has 2 aromatic carbocycles. The van der Waals surface area contributed by atoms with E-state index in [1.807, 2.05) is 0 Å². The Kier molecular flexibility index (Phi) is 7.72. The van der Waals surface area contributed by atoms with Crippen LogP contribution in [0.4, 0.5) is 11.4 Å². The Bertz CT molecular complexity index is 1450. The van der Waals surface area contributed by atoms with E-state index in [4.69, 9.17) is 37.4 Å². The number of rotatable bonds is 8. The summed E-state index contributed by atoms with van der Waals surface area (Å²) in [6, 6.07) is 13.3. The van der Waals surface area contributed by atoms with Crippen LogP contribution in [0.3, 0.4) is 0 Å². The fourth-order valence-electron chi connectivity index (χ4n) is 3.39. The van der Waals surface area contributed by atoms with E-state index in [1.165, 1.54) is 19.4 Å². The van der Waals surface area contributed by atoms with Gasteiger partial charge >= 0.3 is 0 Å². The number of carbonyl (C=O) groups excluding carboxylic acids is 2. The van der Waals surface area contributed by atoms with Crippen LogP contribution >= 0.6 is 23.2 Å². The summed E-state index contributed by atoms with van der Waals surface area (Å²) >= 11 is 12.3. The highest BCUT2D eigenvalue weighted by atomic mass is 35.5. The molecule has 0 saturated carbocycles. The Morgan fingerprint density at radius 1 is 0.889 bits per heavy atom. The van der Waals surface area contributed by atoms with E-state index in [2.05, 4.69) is 20.6 Å². The number of hydrogen-bond donors (Lipinski definition) is 2. The number of ether oxygens (including phenoxy) is 3. The van der Waals surface area contributed by atoms with Crippen molar-refractivity contribution in [3.63, 3.8) is 0 Å². The molecule has 184 valence electrons. The number of fused-ring (bicyclic) bond motifs is 1. The molecule has 0 aliphatic rings. The van der Waals surface area contributed by atoms with Gasteiger partial charge in [-0.2, -0.15) is 0 Å². The normalized spacial score (nSPS) is 10.6. The van der Waals surface area contributed by atoms with Gasteiger partial charge < -0.3 is 24.8 Å². The summed E-state index contributed by atoms with van der Waals surface area (Å²) in [4.78, 5) is 33.0. The third-order valence-electron chi connectivity index (χ3n) is 4.94. The maximum absolute atomic E-state index is 12.3. The molecule has 0 fully saturated rings. The second-order valence-corrected chi connectivity index (χ2v) is 8.25. The van der Waals surface area contributed by atoms with Gasteiger partial charge in [0.05, 0.1) is 26.1 Å². The molecule has 0 bridgehead atoms. The average molecular weight is 527 g/mol. The number of aromatic nitrogens is 2. The maximum atomic E-state index is 12.3. The molecule has 11 heteroatoms. The predicted molar refractivity (Wildman–Crippen MR) is 137 cm³/mol. The Hall–Kier alpha value is -4.08. The van der Waals surface area contributed by atoms with Crippen molar-refractivity contribution in [3.05, 3.63) is 71.0 Å². The maximum Gasteiger partial charge on any atom is 0.238 e. The lowest BCUT2D eigenvalue weighted by Gasteiger charge is -2.13. The zero-order chi connectivity index (χ0) is 25.7. The Balaban J connectivity index is 1.44. The Labute approximate surface area is 216 Å². The summed E-state index contributed by atoms with van der Waals surface area (Å²) in [5.74, 6) is 0.539. The Morgan fingerprint density at radius 3 is 2.36 bits per heavy atom. The van der Waals surface area contributed by atoms with Crippen LogP contribution < -0.4 is 24.8 Å². The summed E-state index contributed by atoms with van der Waals surface area (Å²) in [6.45, 7) is 0. The second kappa shape index (κ2) is 11.1. The number of pyridine rings is 2. The molecule has 2 amide bonds. The first-order valence-electron chi connectivity index (χ1n) is 10.6.